The summed E-state index contributed by atoms with van der Waals surface area (Å²) in [5, 5.41) is 0. The second-order valence-electron chi connectivity index (χ2n) is 4.33. The third-order valence-electron chi connectivity index (χ3n) is 2.71. The topological polar surface area (TPSA) is 43.1 Å². The van der Waals surface area contributed by atoms with E-state index in [0.29, 0.717) is 6.42 Å². The van der Waals surface area contributed by atoms with E-state index in [1.54, 1.807) is 0 Å². The number of benzene rings is 1. The highest BCUT2D eigenvalue weighted by Gasteiger charge is 2.21. The molecule has 16 heavy (non-hydrogen) atoms. The van der Waals surface area contributed by atoms with E-state index in [1.165, 1.54) is 0 Å². The van der Waals surface area contributed by atoms with Crippen LogP contribution in [0.15, 0.2) is 42.5 Å². The number of hydrogen-bond donors (Lipinski definition) is 1. The molecule has 0 radical (unpaired) electrons. The molecule has 0 saturated carbocycles. The molecule has 0 spiro atoms. The van der Waals surface area contributed by atoms with Gasteiger partial charge in [-0.15, -0.1) is 0 Å². The fourth-order valence-corrected chi connectivity index (χ4v) is 1.62. The van der Waals surface area contributed by atoms with Gasteiger partial charge < -0.3 is 5.73 Å². The van der Waals surface area contributed by atoms with Gasteiger partial charge in [-0.25, -0.2) is 0 Å². The minimum absolute atomic E-state index is 0.156. The first-order valence-electron chi connectivity index (χ1n) is 5.50. The summed E-state index contributed by atoms with van der Waals surface area (Å²) in [7, 11) is 0. The fraction of sp³-hybridized carbons (Fsp3) is 0.357. The van der Waals surface area contributed by atoms with Gasteiger partial charge in [0.2, 0.25) is 0 Å². The summed E-state index contributed by atoms with van der Waals surface area (Å²) < 4.78 is 0. The normalized spacial score (nSPS) is 14.2. The van der Waals surface area contributed by atoms with Gasteiger partial charge in [-0.05, 0) is 12.5 Å². The minimum atomic E-state index is -0.229. The minimum Gasteiger partial charge on any atom is -0.323 e. The van der Waals surface area contributed by atoms with Crippen LogP contribution < -0.4 is 5.73 Å². The van der Waals surface area contributed by atoms with Crippen LogP contribution >= 0.6 is 0 Å². The lowest BCUT2D eigenvalue weighted by atomic mass is 9.89. The fourth-order valence-electron chi connectivity index (χ4n) is 1.62. The predicted octanol–water partition coefficient (Wildman–Crippen LogP) is 2.86. The van der Waals surface area contributed by atoms with E-state index in [2.05, 4.69) is 6.58 Å². The molecule has 0 bridgehead atoms. The first kappa shape index (κ1) is 12.7. The third kappa shape index (κ3) is 3.31. The average molecular weight is 217 g/mol. The van der Waals surface area contributed by atoms with E-state index in [9.17, 15) is 4.79 Å². The van der Waals surface area contributed by atoms with Crippen molar-refractivity contribution in [3.8, 4) is 0 Å². The van der Waals surface area contributed by atoms with Crippen LogP contribution in [-0.2, 0) is 4.79 Å². The molecule has 1 rings (SSSR count). The van der Waals surface area contributed by atoms with Crippen LogP contribution in [0.2, 0.25) is 0 Å². The molecule has 0 aliphatic heterocycles. The van der Waals surface area contributed by atoms with E-state index in [1.807, 2.05) is 44.2 Å². The summed E-state index contributed by atoms with van der Waals surface area (Å²) in [6.45, 7) is 7.49. The Morgan fingerprint density at radius 2 is 1.94 bits per heavy atom. The molecule has 2 heteroatoms. The summed E-state index contributed by atoms with van der Waals surface area (Å²) in [5.74, 6) is -0.0112. The Hall–Kier alpha value is -1.41. The summed E-state index contributed by atoms with van der Waals surface area (Å²) >= 11 is 0. The van der Waals surface area contributed by atoms with Crippen LogP contribution in [0.3, 0.4) is 0 Å². The lowest BCUT2D eigenvalue weighted by Crippen LogP contribution is -2.26. The van der Waals surface area contributed by atoms with Gasteiger partial charge in [0.15, 0.2) is 0 Å². The number of hydrogen-bond acceptors (Lipinski definition) is 2. The van der Waals surface area contributed by atoms with E-state index in [-0.39, 0.29) is 17.7 Å². The van der Waals surface area contributed by atoms with E-state index in [4.69, 9.17) is 5.73 Å². The second kappa shape index (κ2) is 5.61. The van der Waals surface area contributed by atoms with Crippen molar-refractivity contribution >= 4 is 5.78 Å². The van der Waals surface area contributed by atoms with Crippen LogP contribution in [0, 0.1) is 5.92 Å². The highest BCUT2D eigenvalue weighted by molar-refractivity contribution is 5.83. The van der Waals surface area contributed by atoms with Gasteiger partial charge in [0.25, 0.3) is 0 Å². The molecule has 0 amide bonds. The van der Waals surface area contributed by atoms with Crippen LogP contribution in [0.4, 0.5) is 0 Å². The van der Waals surface area contributed by atoms with Crippen molar-refractivity contribution < 1.29 is 4.79 Å². The summed E-state index contributed by atoms with van der Waals surface area (Å²) in [5.41, 5.74) is 7.96. The summed E-state index contributed by atoms with van der Waals surface area (Å²) in [6, 6.07) is 9.49. The van der Waals surface area contributed by atoms with Gasteiger partial charge in [-0.2, -0.15) is 0 Å². The molecule has 1 aromatic carbocycles. The average Bonchev–Trinajstić information content (AvgIpc) is 2.27. The zero-order valence-corrected chi connectivity index (χ0v) is 9.94. The SMILES string of the molecule is C=C(C)CC(=O)C(C)C(N)c1ccccc1. The number of carbonyl (C=O) groups excluding carboxylic acids is 1. The van der Waals surface area contributed by atoms with E-state index >= 15 is 0 Å². The molecule has 0 saturated heterocycles. The van der Waals surface area contributed by atoms with Gasteiger partial charge in [0.05, 0.1) is 0 Å². The van der Waals surface area contributed by atoms with Gasteiger partial charge in [0, 0.05) is 18.4 Å². The van der Waals surface area contributed by atoms with Gasteiger partial charge in [-0.1, -0.05) is 49.4 Å². The van der Waals surface area contributed by atoms with Crippen molar-refractivity contribution in [2.45, 2.75) is 26.3 Å². The lowest BCUT2D eigenvalue weighted by molar-refractivity contribution is -0.122. The van der Waals surface area contributed by atoms with Crippen LogP contribution in [0.1, 0.15) is 31.9 Å². The molecule has 2 atom stereocenters. The first-order valence-corrected chi connectivity index (χ1v) is 5.50. The summed E-state index contributed by atoms with van der Waals surface area (Å²) in [4.78, 5) is 11.8. The molecule has 86 valence electrons. The predicted molar refractivity (Wildman–Crippen MR) is 67.0 cm³/mol. The molecule has 0 aliphatic carbocycles. The van der Waals surface area contributed by atoms with Crippen LogP contribution in [0.25, 0.3) is 0 Å². The monoisotopic (exact) mass is 217 g/mol. The van der Waals surface area contributed by atoms with Crippen molar-refractivity contribution in [3.05, 3.63) is 48.0 Å². The second-order valence-corrected chi connectivity index (χ2v) is 4.33. The largest absolute Gasteiger partial charge is 0.323 e. The molecule has 2 N–H and O–H groups in total. The standard InChI is InChI=1S/C14H19NO/c1-10(2)9-13(16)11(3)14(15)12-7-5-4-6-8-12/h4-8,11,14H,1,9,15H2,2-3H3. The number of nitrogens with two attached hydrogens (primary N) is 1. The number of allylic oxidation sites excluding steroid dienone is 1. The maximum Gasteiger partial charge on any atom is 0.141 e. The van der Waals surface area contributed by atoms with Crippen molar-refractivity contribution in [2.75, 3.05) is 0 Å². The Bertz CT molecular complexity index is 370. The summed E-state index contributed by atoms with van der Waals surface area (Å²) in [6.07, 6.45) is 0.418. The van der Waals surface area contributed by atoms with Crippen LogP contribution in [0.5, 0.6) is 0 Å². The molecule has 0 aliphatic rings. The molecule has 0 heterocycles. The highest BCUT2D eigenvalue weighted by atomic mass is 16.1. The van der Waals surface area contributed by atoms with Gasteiger partial charge >= 0.3 is 0 Å². The Labute approximate surface area is 97.2 Å². The van der Waals surface area contributed by atoms with Crippen molar-refractivity contribution in [3.63, 3.8) is 0 Å². The maximum atomic E-state index is 11.8. The third-order valence-corrected chi connectivity index (χ3v) is 2.71. The smallest absolute Gasteiger partial charge is 0.141 e. The van der Waals surface area contributed by atoms with Crippen molar-refractivity contribution in [1.82, 2.24) is 0 Å². The molecule has 0 aromatic heterocycles. The first-order chi connectivity index (χ1) is 7.52. The van der Waals surface area contributed by atoms with E-state index < -0.39 is 0 Å². The molecule has 2 nitrogen and oxygen atoms in total. The Morgan fingerprint density at radius 3 is 2.44 bits per heavy atom. The number of carbonyl (C=O) groups is 1. The maximum absolute atomic E-state index is 11.8. The Balaban J connectivity index is 2.71. The van der Waals surface area contributed by atoms with Gasteiger partial charge in [0.1, 0.15) is 5.78 Å². The lowest BCUT2D eigenvalue weighted by Gasteiger charge is -2.19. The zero-order valence-electron chi connectivity index (χ0n) is 9.94. The van der Waals surface area contributed by atoms with E-state index in [0.717, 1.165) is 11.1 Å². The van der Waals surface area contributed by atoms with Crippen molar-refractivity contribution in [2.24, 2.45) is 11.7 Å². The molecular formula is C14H19NO. The number of ketones is 1. The zero-order chi connectivity index (χ0) is 12.1. The molecular weight excluding hydrogens is 198 g/mol. The Kier molecular flexibility index (Phi) is 4.44. The molecule has 2 unspecified atom stereocenters. The number of rotatable bonds is 5. The highest BCUT2D eigenvalue weighted by Crippen LogP contribution is 2.21. The van der Waals surface area contributed by atoms with Crippen LogP contribution in [-0.4, -0.2) is 5.78 Å². The van der Waals surface area contributed by atoms with Gasteiger partial charge in [-0.3, -0.25) is 4.79 Å². The molecule has 1 aromatic rings. The van der Waals surface area contributed by atoms with Crippen molar-refractivity contribution in [1.29, 1.82) is 0 Å². The Morgan fingerprint density at radius 1 is 1.38 bits per heavy atom. The quantitative estimate of drug-likeness (QED) is 0.771. The molecule has 0 fully saturated rings. The number of Topliss-reactive ketones (excluding diaryl/α,β-unsaturated/α-hetero) is 1.